The van der Waals surface area contributed by atoms with Gasteiger partial charge in [0.15, 0.2) is 5.11 Å². The molecule has 0 bridgehead atoms. The minimum absolute atomic E-state index is 0.261. The van der Waals surface area contributed by atoms with E-state index >= 15 is 0 Å². The van der Waals surface area contributed by atoms with Crippen LogP contribution in [0.5, 0.6) is 0 Å². The van der Waals surface area contributed by atoms with E-state index in [1.54, 1.807) is 42.7 Å². The number of anilines is 1. The van der Waals surface area contributed by atoms with E-state index in [0.29, 0.717) is 15.7 Å². The van der Waals surface area contributed by atoms with Crippen LogP contribution >= 0.6 is 35.4 Å². The quantitative estimate of drug-likeness (QED) is 0.328. The van der Waals surface area contributed by atoms with Gasteiger partial charge in [-0.15, -0.1) is 0 Å². The number of thiocarbonyl (C=S) groups is 1. The zero-order valence-electron chi connectivity index (χ0n) is 13.1. The molecule has 0 atom stereocenters. The number of rotatable bonds is 4. The lowest BCUT2D eigenvalue weighted by Gasteiger charge is -2.08. The molecule has 2 aromatic carbocycles. The van der Waals surface area contributed by atoms with Gasteiger partial charge in [-0.05, 0) is 54.7 Å². The number of halogens is 3. The number of nitrogens with zero attached hydrogens (tertiary/aromatic N) is 2. The van der Waals surface area contributed by atoms with Crippen LogP contribution < -0.4 is 10.7 Å². The van der Waals surface area contributed by atoms with Crippen LogP contribution in [0.15, 0.2) is 53.8 Å². The van der Waals surface area contributed by atoms with Crippen LogP contribution in [-0.2, 0) is 0 Å². The fraction of sp³-hybridized carbons (Fsp3) is 0. The second-order valence-corrected chi connectivity index (χ2v) is 6.41. The smallest absolute Gasteiger partial charge is 0.191 e. The van der Waals surface area contributed by atoms with Gasteiger partial charge in [-0.3, -0.25) is 10.5 Å². The molecule has 0 saturated heterocycles. The zero-order chi connectivity index (χ0) is 18.5. The number of nitrogens with one attached hydrogen (secondary N) is 3. The molecular weight excluding hydrogens is 396 g/mol. The summed E-state index contributed by atoms with van der Waals surface area (Å²) in [6.45, 7) is 0. The molecule has 132 valence electrons. The molecule has 3 rings (SSSR count). The molecule has 0 unspecified atom stereocenters. The number of benzene rings is 2. The first-order valence-electron chi connectivity index (χ1n) is 7.37. The maximum Gasteiger partial charge on any atom is 0.191 e. The maximum absolute atomic E-state index is 13.0. The van der Waals surface area contributed by atoms with Crippen molar-refractivity contribution in [1.82, 2.24) is 15.6 Å². The van der Waals surface area contributed by atoms with Crippen molar-refractivity contribution in [1.29, 1.82) is 0 Å². The number of H-pyrrole nitrogens is 1. The van der Waals surface area contributed by atoms with E-state index in [9.17, 15) is 4.39 Å². The summed E-state index contributed by atoms with van der Waals surface area (Å²) in [5.74, 6) is -0.303. The van der Waals surface area contributed by atoms with Gasteiger partial charge in [0, 0.05) is 16.1 Å². The Morgan fingerprint density at radius 2 is 1.96 bits per heavy atom. The maximum atomic E-state index is 13.0. The fourth-order valence-electron chi connectivity index (χ4n) is 2.14. The highest BCUT2D eigenvalue weighted by Gasteiger charge is 2.06. The molecular formula is C17H12Cl2FN5S. The van der Waals surface area contributed by atoms with Gasteiger partial charge >= 0.3 is 0 Å². The highest BCUT2D eigenvalue weighted by Crippen LogP contribution is 2.25. The van der Waals surface area contributed by atoms with Crippen molar-refractivity contribution in [2.24, 2.45) is 5.10 Å². The van der Waals surface area contributed by atoms with Crippen molar-refractivity contribution >= 4 is 52.4 Å². The molecule has 26 heavy (non-hydrogen) atoms. The van der Waals surface area contributed by atoms with Crippen molar-refractivity contribution in [3.63, 3.8) is 0 Å². The van der Waals surface area contributed by atoms with Gasteiger partial charge < -0.3 is 5.32 Å². The van der Waals surface area contributed by atoms with Gasteiger partial charge in [0.25, 0.3) is 0 Å². The summed E-state index contributed by atoms with van der Waals surface area (Å²) in [6, 6.07) is 11.1. The number of hydrogen-bond donors (Lipinski definition) is 3. The van der Waals surface area contributed by atoms with E-state index in [2.05, 4.69) is 26.0 Å². The highest BCUT2D eigenvalue weighted by molar-refractivity contribution is 7.80. The Morgan fingerprint density at radius 3 is 2.69 bits per heavy atom. The topological polar surface area (TPSA) is 65.1 Å². The van der Waals surface area contributed by atoms with Crippen LogP contribution in [0.2, 0.25) is 10.0 Å². The number of aromatic nitrogens is 2. The van der Waals surface area contributed by atoms with Crippen LogP contribution in [0.4, 0.5) is 10.1 Å². The lowest BCUT2D eigenvalue weighted by atomic mass is 10.1. The number of hydrazone groups is 1. The Morgan fingerprint density at radius 1 is 1.19 bits per heavy atom. The van der Waals surface area contributed by atoms with Crippen LogP contribution in [0.1, 0.15) is 5.56 Å². The molecule has 3 N–H and O–H groups in total. The van der Waals surface area contributed by atoms with Gasteiger partial charge in [0.2, 0.25) is 0 Å². The second-order valence-electron chi connectivity index (χ2n) is 5.16. The van der Waals surface area contributed by atoms with E-state index in [0.717, 1.165) is 16.8 Å². The molecule has 0 aliphatic carbocycles. The van der Waals surface area contributed by atoms with E-state index in [4.69, 9.17) is 35.4 Å². The Balaban J connectivity index is 1.65. The Bertz CT molecular complexity index is 956. The summed E-state index contributed by atoms with van der Waals surface area (Å²) in [4.78, 5) is 0. The first-order chi connectivity index (χ1) is 12.5. The van der Waals surface area contributed by atoms with Crippen molar-refractivity contribution in [2.75, 3.05) is 5.32 Å². The zero-order valence-corrected chi connectivity index (χ0v) is 15.5. The van der Waals surface area contributed by atoms with Gasteiger partial charge in [-0.2, -0.15) is 10.2 Å². The van der Waals surface area contributed by atoms with Gasteiger partial charge in [0.05, 0.1) is 28.8 Å². The van der Waals surface area contributed by atoms with Crippen molar-refractivity contribution in [2.45, 2.75) is 0 Å². The first kappa shape index (κ1) is 18.3. The fourth-order valence-corrected chi connectivity index (χ4v) is 2.76. The third kappa shape index (κ3) is 4.57. The molecule has 0 amide bonds. The molecule has 0 spiro atoms. The highest BCUT2D eigenvalue weighted by atomic mass is 35.5. The van der Waals surface area contributed by atoms with E-state index in [-0.39, 0.29) is 10.9 Å². The minimum atomic E-state index is -0.303. The summed E-state index contributed by atoms with van der Waals surface area (Å²) in [6.07, 6.45) is 3.16. The van der Waals surface area contributed by atoms with Gasteiger partial charge in [-0.1, -0.05) is 23.2 Å². The molecule has 0 aliphatic heterocycles. The normalized spacial score (nSPS) is 10.9. The van der Waals surface area contributed by atoms with Crippen molar-refractivity contribution in [3.05, 3.63) is 70.1 Å². The number of hydrogen-bond acceptors (Lipinski definition) is 3. The van der Waals surface area contributed by atoms with Crippen molar-refractivity contribution in [3.8, 4) is 11.3 Å². The molecule has 1 aromatic heterocycles. The van der Waals surface area contributed by atoms with E-state index in [1.165, 1.54) is 12.1 Å². The average molecular weight is 408 g/mol. The summed E-state index contributed by atoms with van der Waals surface area (Å²) >= 11 is 17.1. The lowest BCUT2D eigenvalue weighted by molar-refractivity contribution is 0.628. The number of aromatic amines is 1. The van der Waals surface area contributed by atoms with Gasteiger partial charge in [0.1, 0.15) is 5.82 Å². The molecule has 0 saturated carbocycles. The van der Waals surface area contributed by atoms with Crippen LogP contribution in [0.3, 0.4) is 0 Å². The molecule has 3 aromatic rings. The summed E-state index contributed by atoms with van der Waals surface area (Å²) in [7, 11) is 0. The standard InChI is InChI=1S/C17H12Cl2FN5S/c18-12-3-6-15(14(19)7-12)23-17(26)25-22-9-11-8-21-24-16(11)10-1-4-13(20)5-2-10/h1-9H,(H,21,24)(H2,23,25,26)/b22-9-. The van der Waals surface area contributed by atoms with Crippen LogP contribution in [-0.4, -0.2) is 21.5 Å². The summed E-state index contributed by atoms with van der Waals surface area (Å²) in [5.41, 5.74) is 5.53. The Labute approximate surface area is 164 Å². The Kier molecular flexibility index (Phi) is 5.82. The Hall–Kier alpha value is -2.48. The van der Waals surface area contributed by atoms with Crippen LogP contribution in [0, 0.1) is 5.82 Å². The van der Waals surface area contributed by atoms with Gasteiger partial charge in [-0.25, -0.2) is 4.39 Å². The molecule has 5 nitrogen and oxygen atoms in total. The molecule has 0 fully saturated rings. The third-order valence-corrected chi connectivity index (χ3v) is 4.09. The summed E-state index contributed by atoms with van der Waals surface area (Å²) in [5, 5.41) is 15.1. The second kappa shape index (κ2) is 8.27. The van der Waals surface area contributed by atoms with Crippen LogP contribution in [0.25, 0.3) is 11.3 Å². The predicted octanol–water partition coefficient (Wildman–Crippen LogP) is 4.84. The molecule has 0 radical (unpaired) electrons. The summed E-state index contributed by atoms with van der Waals surface area (Å²) < 4.78 is 13.0. The van der Waals surface area contributed by atoms with E-state index < -0.39 is 0 Å². The molecule has 9 heteroatoms. The molecule has 1 heterocycles. The largest absolute Gasteiger partial charge is 0.330 e. The minimum Gasteiger partial charge on any atom is -0.330 e. The monoisotopic (exact) mass is 407 g/mol. The average Bonchev–Trinajstić information content (AvgIpc) is 3.06. The van der Waals surface area contributed by atoms with Crippen molar-refractivity contribution < 1.29 is 4.39 Å². The first-order valence-corrected chi connectivity index (χ1v) is 8.54. The molecule has 0 aliphatic rings. The SMILES string of the molecule is Fc1ccc(-c2[nH]ncc2/C=N\NC(=S)Nc2ccc(Cl)cc2Cl)cc1. The van der Waals surface area contributed by atoms with E-state index in [1.807, 2.05) is 0 Å². The predicted molar refractivity (Wildman–Crippen MR) is 107 cm³/mol. The third-order valence-electron chi connectivity index (χ3n) is 3.35. The lowest BCUT2D eigenvalue weighted by Crippen LogP contribution is -2.24.